The number of nitrogens with zero attached hydrogens (tertiary/aromatic N) is 1. The molecule has 1 unspecified atom stereocenters. The fourth-order valence-corrected chi connectivity index (χ4v) is 2.47. The number of carbonyl (C=O) groups excluding carboxylic acids is 1. The molecular weight excluding hydrogens is 264 g/mol. The van der Waals surface area contributed by atoms with Crippen LogP contribution in [-0.2, 0) is 9.53 Å². The summed E-state index contributed by atoms with van der Waals surface area (Å²) in [6.07, 6.45) is 0.733. The predicted octanol–water partition coefficient (Wildman–Crippen LogP) is 2.67. The minimum atomic E-state index is -0.233. The first-order valence-corrected chi connectivity index (χ1v) is 7.68. The van der Waals surface area contributed by atoms with Gasteiger partial charge in [-0.15, -0.1) is 0 Å². The number of carbonyl (C=O) groups is 1. The van der Waals surface area contributed by atoms with Gasteiger partial charge in [0.1, 0.15) is 6.04 Å². The summed E-state index contributed by atoms with van der Waals surface area (Å²) in [7, 11) is 2.06. The SMILES string of the molecule is CCNC(CCN(C)c1ccc(C)cc1C)C(=O)OCC. The van der Waals surface area contributed by atoms with Gasteiger partial charge < -0.3 is 15.0 Å². The molecule has 1 aromatic carbocycles. The lowest BCUT2D eigenvalue weighted by atomic mass is 10.1. The highest BCUT2D eigenvalue weighted by Crippen LogP contribution is 2.20. The van der Waals surface area contributed by atoms with Crippen molar-refractivity contribution in [3.05, 3.63) is 29.3 Å². The lowest BCUT2D eigenvalue weighted by molar-refractivity contribution is -0.145. The second-order valence-corrected chi connectivity index (χ2v) is 5.36. The van der Waals surface area contributed by atoms with E-state index in [4.69, 9.17) is 4.74 Å². The van der Waals surface area contributed by atoms with E-state index >= 15 is 0 Å². The average molecular weight is 292 g/mol. The molecule has 1 aromatic rings. The molecule has 4 nitrogen and oxygen atoms in total. The molecule has 118 valence electrons. The quantitative estimate of drug-likeness (QED) is 0.748. The van der Waals surface area contributed by atoms with Gasteiger partial charge in [0, 0.05) is 19.3 Å². The Morgan fingerprint density at radius 1 is 1.33 bits per heavy atom. The van der Waals surface area contributed by atoms with Crippen LogP contribution in [0.25, 0.3) is 0 Å². The Labute approximate surface area is 128 Å². The maximum Gasteiger partial charge on any atom is 0.323 e. The topological polar surface area (TPSA) is 41.6 Å². The first kappa shape index (κ1) is 17.5. The number of hydrogen-bond donors (Lipinski definition) is 1. The summed E-state index contributed by atoms with van der Waals surface area (Å²) < 4.78 is 5.11. The minimum absolute atomic E-state index is 0.159. The molecule has 0 aromatic heterocycles. The number of hydrogen-bond acceptors (Lipinski definition) is 4. The Balaban J connectivity index is 2.64. The van der Waals surface area contributed by atoms with E-state index in [0.29, 0.717) is 6.61 Å². The van der Waals surface area contributed by atoms with E-state index in [1.165, 1.54) is 16.8 Å². The zero-order valence-corrected chi connectivity index (χ0v) is 13.9. The molecule has 0 heterocycles. The van der Waals surface area contributed by atoms with Crippen LogP contribution in [0.2, 0.25) is 0 Å². The molecule has 0 aliphatic carbocycles. The number of rotatable bonds is 8. The third kappa shape index (κ3) is 5.38. The Hall–Kier alpha value is -1.55. The van der Waals surface area contributed by atoms with Crippen molar-refractivity contribution in [2.24, 2.45) is 0 Å². The largest absolute Gasteiger partial charge is 0.465 e. The highest BCUT2D eigenvalue weighted by Gasteiger charge is 2.19. The Bertz CT molecular complexity index is 460. The molecule has 0 spiro atoms. The Morgan fingerprint density at radius 3 is 2.62 bits per heavy atom. The van der Waals surface area contributed by atoms with Crippen LogP contribution in [-0.4, -0.2) is 38.8 Å². The predicted molar refractivity (Wildman–Crippen MR) is 87.9 cm³/mol. The van der Waals surface area contributed by atoms with Crippen LogP contribution in [0.4, 0.5) is 5.69 Å². The molecular formula is C17H28N2O2. The molecule has 0 saturated heterocycles. The molecule has 0 radical (unpaired) electrons. The lowest BCUT2D eigenvalue weighted by Crippen LogP contribution is -2.40. The second kappa shape index (κ2) is 8.67. The fourth-order valence-electron chi connectivity index (χ4n) is 2.47. The van der Waals surface area contributed by atoms with Gasteiger partial charge in [-0.05, 0) is 45.4 Å². The monoisotopic (exact) mass is 292 g/mol. The van der Waals surface area contributed by atoms with Gasteiger partial charge in [0.25, 0.3) is 0 Å². The van der Waals surface area contributed by atoms with E-state index in [-0.39, 0.29) is 12.0 Å². The van der Waals surface area contributed by atoms with E-state index in [0.717, 1.165) is 19.5 Å². The van der Waals surface area contributed by atoms with E-state index < -0.39 is 0 Å². The number of benzene rings is 1. The van der Waals surface area contributed by atoms with Crippen LogP contribution in [0.15, 0.2) is 18.2 Å². The van der Waals surface area contributed by atoms with Gasteiger partial charge in [0.2, 0.25) is 0 Å². The van der Waals surface area contributed by atoms with Gasteiger partial charge in [0.05, 0.1) is 6.61 Å². The van der Waals surface area contributed by atoms with Crippen molar-refractivity contribution in [3.63, 3.8) is 0 Å². The summed E-state index contributed by atoms with van der Waals surface area (Å²) in [6, 6.07) is 6.20. The summed E-state index contributed by atoms with van der Waals surface area (Å²) >= 11 is 0. The van der Waals surface area contributed by atoms with Crippen molar-refractivity contribution in [2.75, 3.05) is 31.6 Å². The maximum atomic E-state index is 11.9. The Morgan fingerprint density at radius 2 is 2.05 bits per heavy atom. The van der Waals surface area contributed by atoms with E-state index in [1.54, 1.807) is 0 Å². The molecule has 1 rings (SSSR count). The zero-order chi connectivity index (χ0) is 15.8. The summed E-state index contributed by atoms with van der Waals surface area (Å²) in [4.78, 5) is 14.1. The van der Waals surface area contributed by atoms with Gasteiger partial charge in [-0.25, -0.2) is 0 Å². The summed E-state index contributed by atoms with van der Waals surface area (Å²) in [6.45, 7) is 10.0. The molecule has 0 aliphatic heterocycles. The smallest absolute Gasteiger partial charge is 0.323 e. The van der Waals surface area contributed by atoms with Gasteiger partial charge in [-0.2, -0.15) is 0 Å². The standard InChI is InChI=1S/C17H28N2O2/c1-6-18-15(17(20)21-7-2)10-11-19(5)16-9-8-13(3)12-14(16)4/h8-9,12,15,18H,6-7,10-11H2,1-5H3. The average Bonchev–Trinajstić information content (AvgIpc) is 2.43. The molecule has 0 fully saturated rings. The van der Waals surface area contributed by atoms with Gasteiger partial charge in [-0.3, -0.25) is 4.79 Å². The number of likely N-dealkylation sites (N-methyl/N-ethyl adjacent to an activating group) is 1. The number of aryl methyl sites for hydroxylation is 2. The van der Waals surface area contributed by atoms with Crippen LogP contribution >= 0.6 is 0 Å². The molecule has 1 N–H and O–H groups in total. The van der Waals surface area contributed by atoms with Crippen molar-refractivity contribution in [1.29, 1.82) is 0 Å². The second-order valence-electron chi connectivity index (χ2n) is 5.36. The van der Waals surface area contributed by atoms with Crippen molar-refractivity contribution in [3.8, 4) is 0 Å². The minimum Gasteiger partial charge on any atom is -0.465 e. The van der Waals surface area contributed by atoms with E-state index in [9.17, 15) is 4.79 Å². The van der Waals surface area contributed by atoms with Crippen LogP contribution in [0.3, 0.4) is 0 Å². The summed E-state index contributed by atoms with van der Waals surface area (Å²) in [5.74, 6) is -0.159. The molecule has 0 amide bonds. The first-order valence-electron chi connectivity index (χ1n) is 7.68. The molecule has 0 saturated carbocycles. The van der Waals surface area contributed by atoms with Crippen molar-refractivity contribution in [2.45, 2.75) is 40.2 Å². The van der Waals surface area contributed by atoms with Crippen LogP contribution < -0.4 is 10.2 Å². The molecule has 4 heteroatoms. The van der Waals surface area contributed by atoms with Crippen molar-refractivity contribution < 1.29 is 9.53 Å². The third-order valence-electron chi connectivity index (χ3n) is 3.54. The van der Waals surface area contributed by atoms with E-state index in [2.05, 4.69) is 49.3 Å². The summed E-state index contributed by atoms with van der Waals surface area (Å²) in [5, 5.41) is 3.20. The molecule has 21 heavy (non-hydrogen) atoms. The lowest BCUT2D eigenvalue weighted by Gasteiger charge is -2.24. The van der Waals surface area contributed by atoms with E-state index in [1.807, 2.05) is 13.8 Å². The molecule has 1 atom stereocenters. The van der Waals surface area contributed by atoms with Gasteiger partial charge >= 0.3 is 5.97 Å². The normalized spacial score (nSPS) is 12.0. The van der Waals surface area contributed by atoms with Gasteiger partial charge in [-0.1, -0.05) is 24.6 Å². The van der Waals surface area contributed by atoms with Gasteiger partial charge in [0.15, 0.2) is 0 Å². The number of esters is 1. The van der Waals surface area contributed by atoms with Crippen molar-refractivity contribution >= 4 is 11.7 Å². The fraction of sp³-hybridized carbons (Fsp3) is 0.588. The summed E-state index contributed by atoms with van der Waals surface area (Å²) in [5.41, 5.74) is 3.73. The van der Waals surface area contributed by atoms with Crippen LogP contribution in [0.1, 0.15) is 31.4 Å². The molecule has 0 aliphatic rings. The third-order valence-corrected chi connectivity index (χ3v) is 3.54. The first-order chi connectivity index (χ1) is 9.99. The zero-order valence-electron chi connectivity index (χ0n) is 13.9. The Kier molecular flexibility index (Phi) is 7.23. The van der Waals surface area contributed by atoms with Crippen LogP contribution in [0.5, 0.6) is 0 Å². The molecule has 0 bridgehead atoms. The van der Waals surface area contributed by atoms with Crippen LogP contribution in [0, 0.1) is 13.8 Å². The maximum absolute atomic E-state index is 11.9. The highest BCUT2D eigenvalue weighted by atomic mass is 16.5. The van der Waals surface area contributed by atoms with Crippen molar-refractivity contribution in [1.82, 2.24) is 5.32 Å². The number of nitrogens with one attached hydrogen (secondary N) is 1. The number of anilines is 1. The highest BCUT2D eigenvalue weighted by molar-refractivity contribution is 5.75. The number of ether oxygens (including phenoxy) is 1.